The van der Waals surface area contributed by atoms with E-state index >= 15 is 0 Å². The molecule has 8 heteroatoms. The number of methoxy groups -OCH3 is 3. The Balaban J connectivity index is 0.00000364. The number of piperidine rings is 1. The molecule has 1 aliphatic heterocycles. The fraction of sp³-hybridized carbons (Fsp3) is 0.579. The molecule has 1 aromatic carbocycles. The number of carbonyl (C=O) groups is 2. The van der Waals surface area contributed by atoms with Crippen molar-refractivity contribution < 1.29 is 23.8 Å². The quantitative estimate of drug-likeness (QED) is 0.684. The van der Waals surface area contributed by atoms with Crippen molar-refractivity contribution in [3.05, 3.63) is 17.7 Å². The van der Waals surface area contributed by atoms with Crippen LogP contribution in [-0.4, -0.2) is 46.3 Å². The van der Waals surface area contributed by atoms with Gasteiger partial charge in [0, 0.05) is 18.6 Å². The van der Waals surface area contributed by atoms with Crippen molar-refractivity contribution in [3.63, 3.8) is 0 Å². The van der Waals surface area contributed by atoms with E-state index < -0.39 is 5.97 Å². The van der Waals surface area contributed by atoms with Crippen LogP contribution in [0.15, 0.2) is 12.1 Å². The van der Waals surface area contributed by atoms with E-state index in [1.165, 1.54) is 27.4 Å². The highest BCUT2D eigenvalue weighted by Crippen LogP contribution is 2.34. The topological polar surface area (TPSA) is 85.9 Å². The van der Waals surface area contributed by atoms with Crippen LogP contribution in [0.3, 0.4) is 0 Å². The number of hydrogen-bond acceptors (Lipinski definition) is 6. The molecule has 1 saturated heterocycles. The number of esters is 1. The summed E-state index contributed by atoms with van der Waals surface area (Å²) in [6.07, 6.45) is 2.57. The molecular formula is C19H29ClN2O5. The number of hydrogen-bond donors (Lipinski definition) is 2. The molecule has 1 unspecified atom stereocenters. The van der Waals surface area contributed by atoms with Gasteiger partial charge in [-0.2, -0.15) is 0 Å². The monoisotopic (exact) mass is 400 g/mol. The van der Waals surface area contributed by atoms with Crippen LogP contribution in [-0.2, 0) is 9.53 Å². The maximum atomic E-state index is 12.5. The van der Waals surface area contributed by atoms with Crippen LogP contribution in [0, 0.1) is 11.8 Å². The molecule has 7 nitrogen and oxygen atoms in total. The molecule has 0 aliphatic carbocycles. The average Bonchev–Trinajstić information content (AvgIpc) is 2.67. The summed E-state index contributed by atoms with van der Waals surface area (Å²) in [6.45, 7) is 4.10. The molecule has 152 valence electrons. The fourth-order valence-electron chi connectivity index (χ4n) is 3.33. The van der Waals surface area contributed by atoms with Gasteiger partial charge in [-0.1, -0.05) is 6.92 Å². The van der Waals surface area contributed by atoms with E-state index in [-0.39, 0.29) is 29.8 Å². The molecule has 2 rings (SSSR count). The van der Waals surface area contributed by atoms with Crippen molar-refractivity contribution in [2.45, 2.75) is 26.2 Å². The lowest BCUT2D eigenvalue weighted by Gasteiger charge is -2.28. The van der Waals surface area contributed by atoms with Crippen molar-refractivity contribution in [1.82, 2.24) is 5.32 Å². The summed E-state index contributed by atoms with van der Waals surface area (Å²) < 4.78 is 15.3. The molecule has 0 aromatic heterocycles. The highest BCUT2D eigenvalue weighted by molar-refractivity contribution is 6.02. The molecule has 0 spiro atoms. The van der Waals surface area contributed by atoms with Crippen LogP contribution in [0.1, 0.15) is 36.5 Å². The van der Waals surface area contributed by atoms with E-state index in [0.29, 0.717) is 29.5 Å². The number of amides is 1. The molecule has 1 aromatic rings. The number of ether oxygens (including phenoxy) is 3. The smallest absolute Gasteiger partial charge is 0.340 e. The van der Waals surface area contributed by atoms with Crippen LogP contribution in [0.2, 0.25) is 0 Å². The third-order valence-corrected chi connectivity index (χ3v) is 4.90. The van der Waals surface area contributed by atoms with Gasteiger partial charge in [-0.25, -0.2) is 4.79 Å². The van der Waals surface area contributed by atoms with Crippen molar-refractivity contribution in [3.8, 4) is 11.5 Å². The van der Waals surface area contributed by atoms with Crippen molar-refractivity contribution in [2.75, 3.05) is 39.7 Å². The first-order valence-corrected chi connectivity index (χ1v) is 8.85. The van der Waals surface area contributed by atoms with E-state index in [2.05, 4.69) is 17.6 Å². The highest BCUT2D eigenvalue weighted by Gasteiger charge is 2.24. The van der Waals surface area contributed by atoms with Gasteiger partial charge in [0.25, 0.3) is 0 Å². The SMILES string of the molecule is COC(=O)c1cc(OC)c(OC)cc1NC(=O)CC(C)C1CCNCC1.Cl. The molecule has 1 fully saturated rings. The summed E-state index contributed by atoms with van der Waals surface area (Å²) in [4.78, 5) is 24.6. The number of rotatable bonds is 7. The Hall–Kier alpha value is -1.99. The van der Waals surface area contributed by atoms with Gasteiger partial charge < -0.3 is 24.8 Å². The molecular weight excluding hydrogens is 372 g/mol. The summed E-state index contributed by atoms with van der Waals surface area (Å²) in [7, 11) is 4.28. The van der Waals surface area contributed by atoms with Crippen molar-refractivity contribution in [1.29, 1.82) is 0 Å². The summed E-state index contributed by atoms with van der Waals surface area (Å²) in [5.74, 6) is 0.961. The van der Waals surface area contributed by atoms with E-state index in [4.69, 9.17) is 14.2 Å². The summed E-state index contributed by atoms with van der Waals surface area (Å²) in [5, 5.41) is 6.17. The Morgan fingerprint density at radius 3 is 2.30 bits per heavy atom. The Morgan fingerprint density at radius 2 is 1.74 bits per heavy atom. The first-order valence-electron chi connectivity index (χ1n) is 8.85. The number of nitrogens with one attached hydrogen (secondary N) is 2. The largest absolute Gasteiger partial charge is 0.493 e. The van der Waals surface area contributed by atoms with Gasteiger partial charge in [0.2, 0.25) is 5.91 Å². The first-order chi connectivity index (χ1) is 12.5. The van der Waals surface area contributed by atoms with Gasteiger partial charge >= 0.3 is 5.97 Å². The molecule has 1 amide bonds. The van der Waals surface area contributed by atoms with Crippen molar-refractivity contribution >= 4 is 30.0 Å². The minimum absolute atomic E-state index is 0. The Labute approximate surface area is 166 Å². The van der Waals surface area contributed by atoms with E-state index in [9.17, 15) is 9.59 Å². The molecule has 0 saturated carbocycles. The number of anilines is 1. The highest BCUT2D eigenvalue weighted by atomic mass is 35.5. The summed E-state index contributed by atoms with van der Waals surface area (Å²) in [6, 6.07) is 3.09. The molecule has 0 bridgehead atoms. The lowest BCUT2D eigenvalue weighted by molar-refractivity contribution is -0.117. The van der Waals surface area contributed by atoms with E-state index in [1.54, 1.807) is 6.07 Å². The summed E-state index contributed by atoms with van der Waals surface area (Å²) in [5.41, 5.74) is 0.588. The zero-order valence-electron chi connectivity index (χ0n) is 16.3. The zero-order chi connectivity index (χ0) is 19.1. The minimum atomic E-state index is -0.548. The third kappa shape index (κ3) is 6.01. The third-order valence-electron chi connectivity index (χ3n) is 4.90. The zero-order valence-corrected chi connectivity index (χ0v) is 17.1. The van der Waals surface area contributed by atoms with Gasteiger partial charge in [-0.3, -0.25) is 4.79 Å². The molecule has 27 heavy (non-hydrogen) atoms. The molecule has 2 N–H and O–H groups in total. The van der Waals surface area contributed by atoms with Gasteiger partial charge in [0.1, 0.15) is 0 Å². The maximum absolute atomic E-state index is 12.5. The van der Waals surface area contributed by atoms with Crippen LogP contribution in [0.5, 0.6) is 11.5 Å². The van der Waals surface area contributed by atoms with Crippen LogP contribution in [0.4, 0.5) is 5.69 Å². The molecule has 1 atom stereocenters. The Kier molecular flexibility index (Phi) is 9.38. The predicted octanol–water partition coefficient (Wildman–Crippen LogP) is 2.88. The number of benzene rings is 1. The van der Waals surface area contributed by atoms with Gasteiger partial charge in [0.05, 0.1) is 32.6 Å². The van der Waals surface area contributed by atoms with Crippen LogP contribution >= 0.6 is 12.4 Å². The second kappa shape index (κ2) is 11.0. The van der Waals surface area contributed by atoms with Gasteiger partial charge in [0.15, 0.2) is 11.5 Å². The molecule has 0 radical (unpaired) electrons. The van der Waals surface area contributed by atoms with Gasteiger partial charge in [-0.15, -0.1) is 12.4 Å². The summed E-state index contributed by atoms with van der Waals surface area (Å²) >= 11 is 0. The lowest BCUT2D eigenvalue weighted by Crippen LogP contribution is -2.32. The van der Waals surface area contributed by atoms with Crippen LogP contribution < -0.4 is 20.1 Å². The second-order valence-corrected chi connectivity index (χ2v) is 6.56. The average molecular weight is 401 g/mol. The van der Waals surface area contributed by atoms with E-state index in [1.807, 2.05) is 0 Å². The standard InChI is InChI=1S/C19H28N2O5.ClH/c1-12(13-5-7-20-8-6-13)9-18(22)21-15-11-17(25-3)16(24-2)10-14(15)19(23)26-4;/h10-13,20H,5-9H2,1-4H3,(H,21,22);1H. The minimum Gasteiger partial charge on any atom is -0.493 e. The Bertz CT molecular complexity index is 647. The fourth-order valence-corrected chi connectivity index (χ4v) is 3.33. The van der Waals surface area contributed by atoms with Crippen molar-refractivity contribution in [2.24, 2.45) is 11.8 Å². The van der Waals surface area contributed by atoms with E-state index in [0.717, 1.165) is 25.9 Å². The lowest BCUT2D eigenvalue weighted by atomic mass is 9.84. The molecule has 1 aliphatic rings. The maximum Gasteiger partial charge on any atom is 0.340 e. The second-order valence-electron chi connectivity index (χ2n) is 6.56. The Morgan fingerprint density at radius 1 is 1.15 bits per heavy atom. The number of halogens is 1. The molecule has 1 heterocycles. The normalized spacial score (nSPS) is 15.3. The van der Waals surface area contributed by atoms with Gasteiger partial charge in [-0.05, 0) is 37.8 Å². The number of carbonyl (C=O) groups excluding carboxylic acids is 2. The predicted molar refractivity (Wildman–Crippen MR) is 106 cm³/mol. The first kappa shape index (κ1) is 23.0. The van der Waals surface area contributed by atoms with Crippen LogP contribution in [0.25, 0.3) is 0 Å².